The van der Waals surface area contributed by atoms with Crippen LogP contribution in [0.4, 0.5) is 5.69 Å². The minimum atomic E-state index is -1.52. The van der Waals surface area contributed by atoms with Crippen molar-refractivity contribution in [3.05, 3.63) is 28.8 Å². The van der Waals surface area contributed by atoms with Crippen LogP contribution in [0.5, 0.6) is 0 Å². The fourth-order valence-electron chi connectivity index (χ4n) is 3.48. The number of benzene rings is 1. The number of ether oxygens (including phenoxy) is 1. The molecule has 3 amide bonds. The van der Waals surface area contributed by atoms with Gasteiger partial charge in [0.2, 0.25) is 16.7 Å². The fraction of sp³-hybridized carbons (Fsp3) is 0.389. The van der Waals surface area contributed by atoms with Gasteiger partial charge < -0.3 is 10.1 Å². The number of methoxy groups -OCH3 is 1. The molecule has 0 fully saturated rings. The Kier molecular flexibility index (Phi) is 4.92. The number of carbonyl (C=O) groups excluding carboxylic acids is 4. The molecule has 1 N–H and O–H groups in total. The van der Waals surface area contributed by atoms with Gasteiger partial charge in [-0.15, -0.1) is 5.10 Å². The molecular weight excluding hydrogens is 384 g/mol. The lowest BCUT2D eigenvalue weighted by molar-refractivity contribution is -0.141. The number of rotatable bonds is 2. The summed E-state index contributed by atoms with van der Waals surface area (Å²) in [5.41, 5.74) is 2.75. The summed E-state index contributed by atoms with van der Waals surface area (Å²) < 4.78 is 4.73. The van der Waals surface area contributed by atoms with Gasteiger partial charge in [-0.1, -0.05) is 17.7 Å². The molecule has 3 rings (SSSR count). The van der Waals surface area contributed by atoms with Crippen molar-refractivity contribution in [3.8, 4) is 0 Å². The number of nitrogens with one attached hydrogen (secondary N) is 1. The Labute approximate surface area is 166 Å². The van der Waals surface area contributed by atoms with E-state index in [1.807, 2.05) is 19.9 Å². The largest absolute Gasteiger partial charge is 0.468 e. The second kappa shape index (κ2) is 6.93. The summed E-state index contributed by atoms with van der Waals surface area (Å²) in [5.74, 6) is -1.92. The van der Waals surface area contributed by atoms with Crippen molar-refractivity contribution < 1.29 is 23.9 Å². The molecular formula is C18H20N4O5S. The number of esters is 1. The Bertz CT molecular complexity index is 944. The van der Waals surface area contributed by atoms with E-state index in [0.717, 1.165) is 27.9 Å². The van der Waals surface area contributed by atoms with Crippen LogP contribution in [-0.2, 0) is 28.8 Å². The predicted molar refractivity (Wildman–Crippen MR) is 103 cm³/mol. The maximum atomic E-state index is 13.6. The van der Waals surface area contributed by atoms with Gasteiger partial charge in [0.05, 0.1) is 12.8 Å². The SMILES string of the molecule is COC(=O)CN1C(=O)C2(SC(NC(C)=O)=NN2C(C)=O)c2cc(C)cc(C)c21. The molecule has 0 radical (unpaired) electrons. The van der Waals surface area contributed by atoms with E-state index >= 15 is 0 Å². The average Bonchev–Trinajstić information content (AvgIpc) is 3.07. The van der Waals surface area contributed by atoms with Gasteiger partial charge in [-0.25, -0.2) is 0 Å². The number of thioether (sulfide) groups is 1. The van der Waals surface area contributed by atoms with Crippen LogP contribution in [0.1, 0.15) is 30.5 Å². The topological polar surface area (TPSA) is 108 Å². The molecule has 2 heterocycles. The highest BCUT2D eigenvalue weighted by molar-refractivity contribution is 8.15. The highest BCUT2D eigenvalue weighted by atomic mass is 32.2. The Morgan fingerprint density at radius 3 is 2.50 bits per heavy atom. The van der Waals surface area contributed by atoms with Crippen LogP contribution in [0, 0.1) is 13.8 Å². The summed E-state index contributed by atoms with van der Waals surface area (Å²) in [5, 5.41) is 7.93. The van der Waals surface area contributed by atoms with Gasteiger partial charge in [-0.3, -0.25) is 24.1 Å². The van der Waals surface area contributed by atoms with Gasteiger partial charge in [0.1, 0.15) is 6.54 Å². The van der Waals surface area contributed by atoms with Crippen LogP contribution < -0.4 is 10.2 Å². The Morgan fingerprint density at radius 2 is 1.93 bits per heavy atom. The molecule has 28 heavy (non-hydrogen) atoms. The lowest BCUT2D eigenvalue weighted by Gasteiger charge is -2.29. The molecule has 0 aliphatic carbocycles. The smallest absolute Gasteiger partial charge is 0.325 e. The fourth-order valence-corrected chi connectivity index (χ4v) is 4.80. The average molecular weight is 404 g/mol. The Balaban J connectivity index is 2.21. The van der Waals surface area contributed by atoms with Gasteiger partial charge in [0.25, 0.3) is 5.91 Å². The number of nitrogens with zero attached hydrogens (tertiary/aromatic N) is 3. The molecule has 10 heteroatoms. The molecule has 2 aliphatic heterocycles. The quantitative estimate of drug-likeness (QED) is 0.736. The standard InChI is InChI=1S/C18H20N4O5S/c1-9-6-10(2)15-13(7-9)18(16(26)21(15)8-14(25)27-5)22(12(4)24)20-17(28-18)19-11(3)23/h6-7H,8H2,1-5H3,(H,19,20,23). The molecule has 1 aromatic rings. The summed E-state index contributed by atoms with van der Waals surface area (Å²) >= 11 is 0.972. The number of amides is 3. The maximum Gasteiger partial charge on any atom is 0.325 e. The van der Waals surface area contributed by atoms with Gasteiger partial charge in [0.15, 0.2) is 5.17 Å². The monoisotopic (exact) mass is 404 g/mol. The van der Waals surface area contributed by atoms with Crippen LogP contribution in [0.15, 0.2) is 17.2 Å². The van der Waals surface area contributed by atoms with Crippen molar-refractivity contribution in [3.63, 3.8) is 0 Å². The number of hydrogen-bond acceptors (Lipinski definition) is 7. The van der Waals surface area contributed by atoms with Crippen molar-refractivity contribution in [2.75, 3.05) is 18.6 Å². The number of hydrazone groups is 1. The van der Waals surface area contributed by atoms with E-state index in [0.29, 0.717) is 11.3 Å². The maximum absolute atomic E-state index is 13.6. The second-order valence-corrected chi connectivity index (χ2v) is 7.79. The van der Waals surface area contributed by atoms with E-state index in [9.17, 15) is 19.2 Å². The van der Waals surface area contributed by atoms with E-state index < -0.39 is 22.7 Å². The second-order valence-electron chi connectivity index (χ2n) is 6.61. The van der Waals surface area contributed by atoms with Gasteiger partial charge in [-0.2, -0.15) is 5.01 Å². The number of aryl methyl sites for hydroxylation is 2. The highest BCUT2D eigenvalue weighted by Crippen LogP contribution is 2.55. The molecule has 0 aromatic heterocycles. The molecule has 0 bridgehead atoms. The van der Waals surface area contributed by atoms with Gasteiger partial charge in [-0.05, 0) is 31.2 Å². The van der Waals surface area contributed by atoms with Crippen molar-refractivity contribution in [2.45, 2.75) is 32.6 Å². The minimum absolute atomic E-state index is 0.140. The van der Waals surface area contributed by atoms with E-state index in [4.69, 9.17) is 4.74 Å². The van der Waals surface area contributed by atoms with Crippen LogP contribution in [0.25, 0.3) is 0 Å². The predicted octanol–water partition coefficient (Wildman–Crippen LogP) is 0.978. The first-order chi connectivity index (χ1) is 13.1. The Hall–Kier alpha value is -2.88. The lowest BCUT2D eigenvalue weighted by Crippen LogP contribution is -2.49. The third kappa shape index (κ3) is 2.93. The summed E-state index contributed by atoms with van der Waals surface area (Å²) in [6.45, 7) is 6.02. The highest BCUT2D eigenvalue weighted by Gasteiger charge is 2.61. The third-order valence-corrected chi connectivity index (χ3v) is 5.68. The van der Waals surface area contributed by atoms with Gasteiger partial charge >= 0.3 is 5.97 Å². The van der Waals surface area contributed by atoms with Crippen LogP contribution >= 0.6 is 11.8 Å². The molecule has 9 nitrogen and oxygen atoms in total. The number of fused-ring (bicyclic) bond motifs is 2. The number of anilines is 1. The van der Waals surface area contributed by atoms with Crippen LogP contribution in [-0.4, -0.2) is 47.5 Å². The molecule has 1 spiro atoms. The van der Waals surface area contributed by atoms with Crippen LogP contribution in [0.2, 0.25) is 0 Å². The van der Waals surface area contributed by atoms with Crippen molar-refractivity contribution in [1.29, 1.82) is 0 Å². The zero-order valence-electron chi connectivity index (χ0n) is 16.2. The lowest BCUT2D eigenvalue weighted by atomic mass is 10.0. The van der Waals surface area contributed by atoms with E-state index in [1.165, 1.54) is 25.9 Å². The van der Waals surface area contributed by atoms with Gasteiger partial charge in [0, 0.05) is 19.4 Å². The third-order valence-electron chi connectivity index (χ3n) is 4.44. The van der Waals surface area contributed by atoms with E-state index in [2.05, 4.69) is 10.4 Å². The normalized spacial score (nSPS) is 20.3. The van der Waals surface area contributed by atoms with E-state index in [1.54, 1.807) is 6.07 Å². The van der Waals surface area contributed by atoms with Crippen molar-refractivity contribution in [2.24, 2.45) is 5.10 Å². The molecule has 148 valence electrons. The molecule has 2 aliphatic rings. The first-order valence-corrected chi connectivity index (χ1v) is 9.30. The molecule has 1 aromatic carbocycles. The first-order valence-electron chi connectivity index (χ1n) is 8.48. The minimum Gasteiger partial charge on any atom is -0.468 e. The molecule has 0 saturated carbocycles. The summed E-state index contributed by atoms with van der Waals surface area (Å²) in [6.07, 6.45) is 0. The zero-order chi connectivity index (χ0) is 20.8. The zero-order valence-corrected chi connectivity index (χ0v) is 17.0. The Morgan fingerprint density at radius 1 is 1.25 bits per heavy atom. The summed E-state index contributed by atoms with van der Waals surface area (Å²) in [4.78, 5) is 49.2. The number of carbonyl (C=O) groups is 4. The summed E-state index contributed by atoms with van der Waals surface area (Å²) in [7, 11) is 1.24. The van der Waals surface area contributed by atoms with Crippen molar-refractivity contribution >= 4 is 46.3 Å². The molecule has 1 atom stereocenters. The molecule has 1 unspecified atom stereocenters. The number of amidine groups is 1. The number of hydrogen-bond donors (Lipinski definition) is 1. The van der Waals surface area contributed by atoms with E-state index in [-0.39, 0.29) is 17.6 Å². The molecule has 0 saturated heterocycles. The van der Waals surface area contributed by atoms with Crippen LogP contribution in [0.3, 0.4) is 0 Å². The summed E-state index contributed by atoms with van der Waals surface area (Å²) in [6, 6.07) is 3.69. The first kappa shape index (κ1) is 19.9. The van der Waals surface area contributed by atoms with Crippen molar-refractivity contribution in [1.82, 2.24) is 10.3 Å².